The van der Waals surface area contributed by atoms with Gasteiger partial charge < -0.3 is 4.90 Å². The lowest BCUT2D eigenvalue weighted by atomic mass is 10.0. The molecule has 0 saturated heterocycles. The highest BCUT2D eigenvalue weighted by molar-refractivity contribution is 7.89. The average Bonchev–Trinajstić information content (AvgIpc) is 2.30. The molecule has 6 heteroatoms. The number of amides is 1. The maximum absolute atomic E-state index is 12.3. The number of carbonyl (C=O) groups excluding carboxylic acids is 1. The summed E-state index contributed by atoms with van der Waals surface area (Å²) in [6, 6.07) is 2.84. The van der Waals surface area contributed by atoms with E-state index in [0.29, 0.717) is 12.1 Å². The molecule has 0 aromatic heterocycles. The van der Waals surface area contributed by atoms with Crippen molar-refractivity contribution in [3.8, 4) is 0 Å². The molecule has 0 aliphatic carbocycles. The van der Waals surface area contributed by atoms with Gasteiger partial charge in [0.2, 0.25) is 10.0 Å². The van der Waals surface area contributed by atoms with Crippen molar-refractivity contribution in [1.82, 2.24) is 4.90 Å². The van der Waals surface area contributed by atoms with E-state index >= 15 is 0 Å². The van der Waals surface area contributed by atoms with Crippen molar-refractivity contribution in [2.75, 3.05) is 13.6 Å². The quantitative estimate of drug-likeness (QED) is 0.908. The third-order valence-corrected chi connectivity index (χ3v) is 4.00. The molecular weight excluding hydrogens is 264 g/mol. The summed E-state index contributed by atoms with van der Waals surface area (Å²) in [5.74, 6) is -0.187. The number of carbonyl (C=O) groups is 1. The summed E-state index contributed by atoms with van der Waals surface area (Å²) in [5, 5.41) is 5.13. The first-order chi connectivity index (χ1) is 8.68. The van der Waals surface area contributed by atoms with Gasteiger partial charge in [-0.25, -0.2) is 13.6 Å². The number of benzene rings is 1. The van der Waals surface area contributed by atoms with Crippen LogP contribution in [0.15, 0.2) is 17.0 Å². The number of rotatable bonds is 4. The molecular formula is C13H20N2O3S. The summed E-state index contributed by atoms with van der Waals surface area (Å²) in [6.45, 7) is 6.16. The zero-order valence-electron chi connectivity index (χ0n) is 11.7. The van der Waals surface area contributed by atoms with Crippen LogP contribution in [0.3, 0.4) is 0 Å². The third-order valence-electron chi connectivity index (χ3n) is 3.11. The number of nitrogens with two attached hydrogens (primary N) is 1. The van der Waals surface area contributed by atoms with Gasteiger partial charge in [0, 0.05) is 19.2 Å². The van der Waals surface area contributed by atoms with E-state index in [2.05, 4.69) is 0 Å². The molecule has 2 N–H and O–H groups in total. The van der Waals surface area contributed by atoms with Gasteiger partial charge in [0.1, 0.15) is 0 Å². The van der Waals surface area contributed by atoms with Gasteiger partial charge in [0.15, 0.2) is 0 Å². The first-order valence-electron chi connectivity index (χ1n) is 6.08. The van der Waals surface area contributed by atoms with Crippen LogP contribution in [0.5, 0.6) is 0 Å². The minimum atomic E-state index is -3.81. The smallest absolute Gasteiger partial charge is 0.253 e. The minimum Gasteiger partial charge on any atom is -0.342 e. The molecule has 1 amide bonds. The van der Waals surface area contributed by atoms with Crippen LogP contribution in [0.25, 0.3) is 0 Å². The molecule has 0 atom stereocenters. The van der Waals surface area contributed by atoms with Crippen LogP contribution in [-0.4, -0.2) is 32.8 Å². The lowest BCUT2D eigenvalue weighted by Gasteiger charge is -2.19. The second-order valence-corrected chi connectivity index (χ2v) is 6.25. The number of primary sulfonamides is 1. The van der Waals surface area contributed by atoms with Crippen molar-refractivity contribution in [2.45, 2.75) is 32.1 Å². The van der Waals surface area contributed by atoms with Gasteiger partial charge in [-0.2, -0.15) is 0 Å². The first kappa shape index (κ1) is 15.7. The second-order valence-electron chi connectivity index (χ2n) is 4.68. The third kappa shape index (κ3) is 3.54. The molecule has 5 nitrogen and oxygen atoms in total. The van der Waals surface area contributed by atoms with E-state index in [1.54, 1.807) is 25.8 Å². The fraction of sp³-hybridized carbons (Fsp3) is 0.462. The number of nitrogens with zero attached hydrogens (tertiary/aromatic N) is 1. The van der Waals surface area contributed by atoms with Gasteiger partial charge in [0.25, 0.3) is 5.91 Å². The van der Waals surface area contributed by atoms with Crippen LogP contribution in [-0.2, 0) is 10.0 Å². The van der Waals surface area contributed by atoms with E-state index < -0.39 is 10.0 Å². The van der Waals surface area contributed by atoms with Crippen molar-refractivity contribution in [3.63, 3.8) is 0 Å². The van der Waals surface area contributed by atoms with Gasteiger partial charge in [-0.15, -0.1) is 0 Å². The Bertz CT molecular complexity index is 594. The van der Waals surface area contributed by atoms with Crippen LogP contribution < -0.4 is 5.14 Å². The fourth-order valence-electron chi connectivity index (χ4n) is 1.86. The van der Waals surface area contributed by atoms with E-state index in [0.717, 1.165) is 17.5 Å². The van der Waals surface area contributed by atoms with Crippen LogP contribution in [0, 0.1) is 13.8 Å². The van der Waals surface area contributed by atoms with E-state index in [-0.39, 0.29) is 10.8 Å². The van der Waals surface area contributed by atoms with Gasteiger partial charge in [-0.1, -0.05) is 6.92 Å². The second kappa shape index (κ2) is 5.71. The molecule has 0 bridgehead atoms. The van der Waals surface area contributed by atoms with Gasteiger partial charge >= 0.3 is 0 Å². The van der Waals surface area contributed by atoms with Crippen LogP contribution in [0.2, 0.25) is 0 Å². The lowest BCUT2D eigenvalue weighted by Crippen LogP contribution is -2.28. The number of sulfonamides is 1. The molecule has 1 aromatic carbocycles. The van der Waals surface area contributed by atoms with Crippen LogP contribution in [0.4, 0.5) is 0 Å². The Hall–Kier alpha value is -1.40. The maximum Gasteiger partial charge on any atom is 0.253 e. The molecule has 0 heterocycles. The van der Waals surface area contributed by atoms with Gasteiger partial charge in [-0.3, -0.25) is 4.79 Å². The van der Waals surface area contributed by atoms with E-state index in [9.17, 15) is 13.2 Å². The zero-order chi connectivity index (χ0) is 14.8. The topological polar surface area (TPSA) is 80.5 Å². The predicted molar refractivity (Wildman–Crippen MR) is 74.5 cm³/mol. The largest absolute Gasteiger partial charge is 0.342 e. The van der Waals surface area contributed by atoms with E-state index in [4.69, 9.17) is 5.14 Å². The van der Waals surface area contributed by atoms with Crippen molar-refractivity contribution in [2.24, 2.45) is 5.14 Å². The number of hydrogen-bond donors (Lipinski definition) is 1. The maximum atomic E-state index is 12.3. The lowest BCUT2D eigenvalue weighted by molar-refractivity contribution is 0.0794. The Kier molecular flexibility index (Phi) is 4.70. The molecule has 19 heavy (non-hydrogen) atoms. The highest BCUT2D eigenvalue weighted by Crippen LogP contribution is 2.20. The van der Waals surface area contributed by atoms with Crippen molar-refractivity contribution in [3.05, 3.63) is 28.8 Å². The normalized spacial score (nSPS) is 11.4. The minimum absolute atomic E-state index is 0.0242. The van der Waals surface area contributed by atoms with Crippen molar-refractivity contribution in [1.29, 1.82) is 0 Å². The van der Waals surface area contributed by atoms with Crippen LogP contribution in [0.1, 0.15) is 34.8 Å². The Morgan fingerprint density at radius 3 is 2.37 bits per heavy atom. The van der Waals surface area contributed by atoms with Gasteiger partial charge in [0.05, 0.1) is 4.90 Å². The monoisotopic (exact) mass is 284 g/mol. The average molecular weight is 284 g/mol. The molecule has 106 valence electrons. The zero-order valence-corrected chi connectivity index (χ0v) is 12.5. The SMILES string of the molecule is CCCN(C)C(=O)c1cc(S(N)(=O)=O)cc(C)c1C. The standard InChI is InChI=1S/C13H20N2O3S/c1-5-6-15(4)13(16)12-8-11(19(14,17)18)7-9(2)10(12)3/h7-8H,5-6H2,1-4H3,(H2,14,17,18). The molecule has 0 aliphatic rings. The Morgan fingerprint density at radius 1 is 1.32 bits per heavy atom. The fourth-order valence-corrected chi connectivity index (χ4v) is 2.48. The molecule has 0 saturated carbocycles. The van der Waals surface area contributed by atoms with Crippen molar-refractivity contribution < 1.29 is 13.2 Å². The van der Waals surface area contributed by atoms with Crippen LogP contribution >= 0.6 is 0 Å². The van der Waals surface area contributed by atoms with E-state index in [1.807, 2.05) is 6.92 Å². The number of hydrogen-bond acceptors (Lipinski definition) is 3. The predicted octanol–water partition coefficient (Wildman–Crippen LogP) is 1.43. The molecule has 0 spiro atoms. The molecule has 0 aliphatic heterocycles. The molecule has 0 fully saturated rings. The first-order valence-corrected chi connectivity index (χ1v) is 7.62. The summed E-state index contributed by atoms with van der Waals surface area (Å²) in [4.78, 5) is 13.8. The highest BCUT2D eigenvalue weighted by atomic mass is 32.2. The Morgan fingerprint density at radius 2 is 1.89 bits per heavy atom. The summed E-state index contributed by atoms with van der Waals surface area (Å²) >= 11 is 0. The summed E-state index contributed by atoms with van der Waals surface area (Å²) in [6.07, 6.45) is 0.842. The molecule has 1 aromatic rings. The van der Waals surface area contributed by atoms with Crippen molar-refractivity contribution >= 4 is 15.9 Å². The Labute approximate surface area is 114 Å². The summed E-state index contributed by atoms with van der Waals surface area (Å²) in [5.41, 5.74) is 1.90. The van der Waals surface area contributed by atoms with Gasteiger partial charge in [-0.05, 0) is 43.5 Å². The van der Waals surface area contributed by atoms with E-state index in [1.165, 1.54) is 12.1 Å². The Balaban J connectivity index is 3.35. The molecule has 0 unspecified atom stereocenters. The molecule has 1 rings (SSSR count). The highest BCUT2D eigenvalue weighted by Gasteiger charge is 2.19. The summed E-state index contributed by atoms with van der Waals surface area (Å²) < 4.78 is 22.8. The molecule has 0 radical (unpaired) electrons. The summed E-state index contributed by atoms with van der Waals surface area (Å²) in [7, 11) is -2.11. The number of aryl methyl sites for hydroxylation is 1.